The molecule has 0 aliphatic carbocycles. The number of rotatable bonds is 6. The van der Waals surface area contributed by atoms with Crippen molar-refractivity contribution in [3.05, 3.63) is 52.9 Å². The summed E-state index contributed by atoms with van der Waals surface area (Å²) in [6, 6.07) is 10.9. The summed E-state index contributed by atoms with van der Waals surface area (Å²) in [5, 5.41) is 2.14. The van der Waals surface area contributed by atoms with Crippen molar-refractivity contribution in [2.24, 2.45) is 0 Å². The van der Waals surface area contributed by atoms with Crippen LogP contribution in [-0.4, -0.2) is 18.5 Å². The second-order valence-corrected chi connectivity index (χ2v) is 5.47. The molecule has 5 nitrogen and oxygen atoms in total. The van der Waals surface area contributed by atoms with Crippen LogP contribution in [-0.2, 0) is 25.7 Å². The molecule has 0 aliphatic rings. The molecule has 2 rings (SSSR count). The van der Waals surface area contributed by atoms with Gasteiger partial charge in [0.2, 0.25) is 0 Å². The highest BCUT2D eigenvalue weighted by molar-refractivity contribution is 7.14. The van der Waals surface area contributed by atoms with E-state index >= 15 is 0 Å². The number of nitrogens with two attached hydrogens (primary N) is 1. The average molecular weight is 319 g/mol. The number of anilines is 1. The number of ether oxygens (including phenoxy) is 2. The van der Waals surface area contributed by atoms with Gasteiger partial charge in [-0.15, -0.1) is 11.3 Å². The lowest BCUT2D eigenvalue weighted by Gasteiger charge is -2.15. The van der Waals surface area contributed by atoms with E-state index in [9.17, 15) is 9.59 Å². The van der Waals surface area contributed by atoms with Crippen LogP contribution in [0.15, 0.2) is 41.8 Å². The van der Waals surface area contributed by atoms with Crippen LogP contribution < -0.4 is 5.73 Å². The van der Waals surface area contributed by atoms with Crippen molar-refractivity contribution in [1.29, 1.82) is 0 Å². The number of benzene rings is 1. The summed E-state index contributed by atoms with van der Waals surface area (Å²) in [5.74, 6) is -2.45. The molecule has 1 unspecified atom stereocenters. The third-order valence-corrected chi connectivity index (χ3v) is 3.78. The zero-order chi connectivity index (χ0) is 15.9. The number of hydrogen-bond donors (Lipinski definition) is 1. The topological polar surface area (TPSA) is 78.6 Å². The summed E-state index contributed by atoms with van der Waals surface area (Å²) in [6.07, 6.45) is 0. The molecule has 6 heteroatoms. The van der Waals surface area contributed by atoms with Gasteiger partial charge >= 0.3 is 11.9 Å². The van der Waals surface area contributed by atoms with Gasteiger partial charge in [-0.2, -0.15) is 0 Å². The minimum absolute atomic E-state index is 0.0968. The van der Waals surface area contributed by atoms with Crippen LogP contribution in [0.2, 0.25) is 0 Å². The molecule has 0 fully saturated rings. The second-order valence-electron chi connectivity index (χ2n) is 4.52. The Bertz CT molecular complexity index is 639. The lowest BCUT2D eigenvalue weighted by Crippen LogP contribution is -2.26. The number of nitrogen functional groups attached to an aromatic ring is 1. The van der Waals surface area contributed by atoms with Gasteiger partial charge in [-0.3, -0.25) is 9.59 Å². The number of hydrogen-bond acceptors (Lipinski definition) is 6. The van der Waals surface area contributed by atoms with Crippen molar-refractivity contribution in [1.82, 2.24) is 0 Å². The molecular weight excluding hydrogens is 302 g/mol. The molecule has 0 saturated heterocycles. The third-order valence-electron chi connectivity index (χ3n) is 3.02. The Morgan fingerprint density at radius 2 is 1.82 bits per heavy atom. The highest BCUT2D eigenvalue weighted by Gasteiger charge is 2.33. The van der Waals surface area contributed by atoms with E-state index in [1.165, 1.54) is 11.3 Å². The van der Waals surface area contributed by atoms with E-state index in [4.69, 9.17) is 15.2 Å². The zero-order valence-corrected chi connectivity index (χ0v) is 13.0. The Kier molecular flexibility index (Phi) is 5.55. The van der Waals surface area contributed by atoms with E-state index in [0.29, 0.717) is 10.6 Å². The predicted octanol–water partition coefficient (Wildman–Crippen LogP) is 2.72. The fourth-order valence-corrected chi connectivity index (χ4v) is 2.64. The van der Waals surface area contributed by atoms with Gasteiger partial charge < -0.3 is 15.2 Å². The number of carbonyl (C=O) groups is 2. The highest BCUT2D eigenvalue weighted by Crippen LogP contribution is 2.29. The van der Waals surface area contributed by atoms with Crippen molar-refractivity contribution in [2.45, 2.75) is 19.4 Å². The molecule has 1 aromatic heterocycles. The Morgan fingerprint density at radius 1 is 1.14 bits per heavy atom. The summed E-state index contributed by atoms with van der Waals surface area (Å²) >= 11 is 1.26. The lowest BCUT2D eigenvalue weighted by atomic mass is 10.0. The zero-order valence-electron chi connectivity index (χ0n) is 12.2. The quantitative estimate of drug-likeness (QED) is 0.654. The maximum atomic E-state index is 12.3. The van der Waals surface area contributed by atoms with Crippen LogP contribution >= 0.6 is 11.3 Å². The van der Waals surface area contributed by atoms with Gasteiger partial charge in [0.05, 0.1) is 11.6 Å². The van der Waals surface area contributed by atoms with E-state index in [1.54, 1.807) is 18.4 Å². The average Bonchev–Trinajstić information content (AvgIpc) is 2.93. The third kappa shape index (κ3) is 3.85. The van der Waals surface area contributed by atoms with Gasteiger partial charge in [0.25, 0.3) is 0 Å². The first-order valence-electron chi connectivity index (χ1n) is 6.83. The molecule has 1 heterocycles. The minimum Gasteiger partial charge on any atom is -0.465 e. The summed E-state index contributed by atoms with van der Waals surface area (Å²) in [5.41, 5.74) is 7.10. The maximum absolute atomic E-state index is 12.3. The molecule has 0 spiro atoms. The fourth-order valence-electron chi connectivity index (χ4n) is 1.96. The summed E-state index contributed by atoms with van der Waals surface area (Å²) in [6.45, 7) is 1.96. The van der Waals surface area contributed by atoms with Crippen LogP contribution in [0.4, 0.5) is 5.00 Å². The van der Waals surface area contributed by atoms with E-state index in [-0.39, 0.29) is 13.2 Å². The molecule has 1 atom stereocenters. The van der Waals surface area contributed by atoms with Crippen LogP contribution in [0.25, 0.3) is 0 Å². The van der Waals surface area contributed by atoms with Crippen molar-refractivity contribution in [2.75, 3.05) is 12.3 Å². The van der Waals surface area contributed by atoms with Gasteiger partial charge in [-0.1, -0.05) is 30.3 Å². The number of carbonyl (C=O) groups excluding carboxylic acids is 2. The molecule has 2 aromatic rings. The molecule has 1 aromatic carbocycles. The molecule has 0 radical (unpaired) electrons. The van der Waals surface area contributed by atoms with Crippen molar-refractivity contribution < 1.29 is 19.1 Å². The van der Waals surface area contributed by atoms with Gasteiger partial charge in [-0.05, 0) is 23.9 Å². The van der Waals surface area contributed by atoms with Crippen molar-refractivity contribution >= 4 is 28.3 Å². The first kappa shape index (κ1) is 16.0. The molecule has 0 bridgehead atoms. The second kappa shape index (κ2) is 7.61. The fraction of sp³-hybridized carbons (Fsp3) is 0.250. The lowest BCUT2D eigenvalue weighted by molar-refractivity contribution is -0.158. The predicted molar refractivity (Wildman–Crippen MR) is 84.3 cm³/mol. The SMILES string of the molecule is CCOC(=O)C(C(=O)OCc1ccccc1)c1ccsc1N. The summed E-state index contributed by atoms with van der Waals surface area (Å²) in [4.78, 5) is 24.4. The number of thiophene rings is 1. The van der Waals surface area contributed by atoms with E-state index in [1.807, 2.05) is 30.3 Å². The minimum atomic E-state index is -1.14. The highest BCUT2D eigenvalue weighted by atomic mass is 32.1. The first-order valence-corrected chi connectivity index (χ1v) is 7.71. The Hall–Kier alpha value is -2.34. The monoisotopic (exact) mass is 319 g/mol. The largest absolute Gasteiger partial charge is 0.465 e. The molecule has 116 valence electrons. The summed E-state index contributed by atoms with van der Waals surface area (Å²) in [7, 11) is 0. The Balaban J connectivity index is 2.13. The van der Waals surface area contributed by atoms with Crippen LogP contribution in [0.1, 0.15) is 24.0 Å². The Morgan fingerprint density at radius 3 is 2.41 bits per heavy atom. The molecule has 22 heavy (non-hydrogen) atoms. The summed E-state index contributed by atoms with van der Waals surface area (Å²) < 4.78 is 10.2. The number of esters is 2. The van der Waals surface area contributed by atoms with Gasteiger partial charge in [0, 0.05) is 5.56 Å². The normalized spacial score (nSPS) is 11.7. The standard InChI is InChI=1S/C16H17NO4S/c1-2-20-15(18)13(12-8-9-22-14(12)17)16(19)21-10-11-6-4-3-5-7-11/h3-9,13H,2,10,17H2,1H3. The van der Waals surface area contributed by atoms with E-state index < -0.39 is 17.9 Å². The molecule has 0 amide bonds. The molecule has 0 saturated carbocycles. The van der Waals surface area contributed by atoms with E-state index in [2.05, 4.69) is 0 Å². The van der Waals surface area contributed by atoms with Gasteiger partial charge in [-0.25, -0.2) is 0 Å². The molecule has 0 aliphatic heterocycles. The van der Waals surface area contributed by atoms with Crippen LogP contribution in [0, 0.1) is 0 Å². The smallest absolute Gasteiger partial charge is 0.325 e. The Labute approximate surface area is 132 Å². The van der Waals surface area contributed by atoms with Gasteiger partial charge in [0.1, 0.15) is 6.61 Å². The van der Waals surface area contributed by atoms with Crippen molar-refractivity contribution in [3.8, 4) is 0 Å². The molecule has 2 N–H and O–H groups in total. The van der Waals surface area contributed by atoms with Crippen LogP contribution in [0.3, 0.4) is 0 Å². The van der Waals surface area contributed by atoms with Crippen LogP contribution in [0.5, 0.6) is 0 Å². The first-order chi connectivity index (χ1) is 10.6. The van der Waals surface area contributed by atoms with Crippen molar-refractivity contribution in [3.63, 3.8) is 0 Å². The van der Waals surface area contributed by atoms with Gasteiger partial charge in [0.15, 0.2) is 5.92 Å². The van der Waals surface area contributed by atoms with E-state index in [0.717, 1.165) is 5.56 Å². The maximum Gasteiger partial charge on any atom is 0.325 e. The molecular formula is C16H17NO4S.